The second kappa shape index (κ2) is 6.71. The number of anilines is 1. The highest BCUT2D eigenvalue weighted by Crippen LogP contribution is 2.34. The summed E-state index contributed by atoms with van der Waals surface area (Å²) in [4.78, 5) is 15.0. The summed E-state index contributed by atoms with van der Waals surface area (Å²) in [5, 5.41) is 3.06. The predicted molar refractivity (Wildman–Crippen MR) is 104 cm³/mol. The van der Waals surface area contributed by atoms with Gasteiger partial charge in [0.2, 0.25) is 0 Å². The van der Waals surface area contributed by atoms with Gasteiger partial charge in [-0.25, -0.2) is 4.79 Å². The quantitative estimate of drug-likeness (QED) is 0.715. The Hall–Kier alpha value is -3.01. The van der Waals surface area contributed by atoms with Crippen molar-refractivity contribution < 1.29 is 4.79 Å². The van der Waals surface area contributed by atoms with Gasteiger partial charge in [-0.2, -0.15) is 0 Å². The smallest absolute Gasteiger partial charge is 0.322 e. The van der Waals surface area contributed by atoms with E-state index in [4.69, 9.17) is 0 Å². The first kappa shape index (κ1) is 16.5. The Labute approximate surface area is 154 Å². The van der Waals surface area contributed by atoms with Gasteiger partial charge in [-0.15, -0.1) is 0 Å². The normalized spacial score (nSPS) is 16.2. The van der Waals surface area contributed by atoms with E-state index >= 15 is 0 Å². The third-order valence-corrected chi connectivity index (χ3v) is 5.09. The molecule has 4 heteroatoms. The molecular weight excluding hydrogens is 322 g/mol. The number of urea groups is 1. The van der Waals surface area contributed by atoms with Crippen LogP contribution in [0.15, 0.2) is 66.9 Å². The second-order valence-electron chi connectivity index (χ2n) is 6.88. The molecule has 0 spiro atoms. The molecule has 0 fully saturated rings. The van der Waals surface area contributed by atoms with E-state index in [1.165, 1.54) is 16.7 Å². The maximum Gasteiger partial charge on any atom is 0.322 e. The summed E-state index contributed by atoms with van der Waals surface area (Å²) in [5.74, 6) is 0. The number of hydrogen-bond acceptors (Lipinski definition) is 1. The molecule has 1 N–H and O–H groups in total. The highest BCUT2D eigenvalue weighted by Gasteiger charge is 2.32. The van der Waals surface area contributed by atoms with Gasteiger partial charge in [0.25, 0.3) is 0 Å². The fourth-order valence-corrected chi connectivity index (χ4v) is 3.66. The summed E-state index contributed by atoms with van der Waals surface area (Å²) < 4.78 is 2.24. The number of carbonyl (C=O) groups excluding carboxylic acids is 1. The van der Waals surface area contributed by atoms with Crippen LogP contribution in [0.1, 0.15) is 28.4 Å². The molecule has 1 aromatic heterocycles. The Morgan fingerprint density at radius 3 is 2.50 bits per heavy atom. The van der Waals surface area contributed by atoms with E-state index in [-0.39, 0.29) is 12.1 Å². The van der Waals surface area contributed by atoms with Crippen LogP contribution in [0.25, 0.3) is 0 Å². The monoisotopic (exact) mass is 345 g/mol. The summed E-state index contributed by atoms with van der Waals surface area (Å²) in [6.45, 7) is 5.64. The van der Waals surface area contributed by atoms with Crippen LogP contribution >= 0.6 is 0 Å². The molecule has 4 nitrogen and oxygen atoms in total. The van der Waals surface area contributed by atoms with E-state index in [0.29, 0.717) is 6.54 Å². The highest BCUT2D eigenvalue weighted by molar-refractivity contribution is 5.90. The molecule has 0 saturated carbocycles. The summed E-state index contributed by atoms with van der Waals surface area (Å²) in [6.07, 6.45) is 2.09. The molecule has 2 amide bonds. The summed E-state index contributed by atoms with van der Waals surface area (Å²) in [6, 6.07) is 20.3. The van der Waals surface area contributed by atoms with Crippen molar-refractivity contribution in [3.63, 3.8) is 0 Å². The van der Waals surface area contributed by atoms with E-state index < -0.39 is 0 Å². The van der Waals surface area contributed by atoms with Crippen LogP contribution in [0.2, 0.25) is 0 Å². The molecule has 2 heterocycles. The van der Waals surface area contributed by atoms with Crippen molar-refractivity contribution in [2.75, 3.05) is 11.9 Å². The van der Waals surface area contributed by atoms with Gasteiger partial charge in [-0.05, 0) is 49.2 Å². The third-order valence-electron chi connectivity index (χ3n) is 5.09. The average Bonchev–Trinajstić information content (AvgIpc) is 3.12. The molecule has 0 aliphatic carbocycles. The van der Waals surface area contributed by atoms with Gasteiger partial charge < -0.3 is 14.8 Å². The summed E-state index contributed by atoms with van der Waals surface area (Å²) in [7, 11) is 0. The first-order valence-corrected chi connectivity index (χ1v) is 8.98. The molecule has 1 atom stereocenters. The van der Waals surface area contributed by atoms with Gasteiger partial charge >= 0.3 is 6.03 Å². The van der Waals surface area contributed by atoms with E-state index in [9.17, 15) is 4.79 Å². The number of hydrogen-bond donors (Lipinski definition) is 1. The van der Waals surface area contributed by atoms with Crippen molar-refractivity contribution in [3.05, 3.63) is 89.2 Å². The van der Waals surface area contributed by atoms with Gasteiger partial charge in [0, 0.05) is 30.7 Å². The Kier molecular flexibility index (Phi) is 4.25. The number of rotatable bonds is 2. The topological polar surface area (TPSA) is 37.3 Å². The largest absolute Gasteiger partial charge is 0.348 e. The first-order valence-electron chi connectivity index (χ1n) is 8.98. The number of fused-ring (bicyclic) bond motifs is 1. The van der Waals surface area contributed by atoms with Crippen molar-refractivity contribution in [3.8, 4) is 0 Å². The molecule has 0 radical (unpaired) electrons. The molecular formula is C22H23N3O. The van der Waals surface area contributed by atoms with Crippen LogP contribution in [-0.4, -0.2) is 22.0 Å². The lowest BCUT2D eigenvalue weighted by Crippen LogP contribution is -2.44. The Morgan fingerprint density at radius 2 is 1.73 bits per heavy atom. The third kappa shape index (κ3) is 2.99. The van der Waals surface area contributed by atoms with Crippen molar-refractivity contribution in [1.29, 1.82) is 0 Å². The van der Waals surface area contributed by atoms with Crippen LogP contribution in [0.3, 0.4) is 0 Å². The lowest BCUT2D eigenvalue weighted by Gasteiger charge is -2.38. The Morgan fingerprint density at radius 1 is 0.962 bits per heavy atom. The lowest BCUT2D eigenvalue weighted by atomic mass is 9.96. The zero-order valence-corrected chi connectivity index (χ0v) is 15.1. The number of carbonyl (C=O) groups is 1. The maximum absolute atomic E-state index is 13.1. The maximum atomic E-state index is 13.1. The van der Waals surface area contributed by atoms with Gasteiger partial charge in [-0.3, -0.25) is 0 Å². The van der Waals surface area contributed by atoms with Crippen molar-refractivity contribution in [2.24, 2.45) is 0 Å². The summed E-state index contributed by atoms with van der Waals surface area (Å²) >= 11 is 0. The molecule has 2 aromatic carbocycles. The zero-order valence-electron chi connectivity index (χ0n) is 15.1. The molecule has 1 aliphatic heterocycles. The standard InChI is InChI=1S/C22H23N3O/c1-16-9-11-18(12-10-16)23-22(26)25-15-14-24-13-5-8-20(24)21(25)19-7-4-3-6-17(19)2/h3-13,21H,14-15H2,1-2H3,(H,23,26). The highest BCUT2D eigenvalue weighted by atomic mass is 16.2. The van der Waals surface area contributed by atoms with Gasteiger partial charge in [0.15, 0.2) is 0 Å². The van der Waals surface area contributed by atoms with Crippen LogP contribution in [0.5, 0.6) is 0 Å². The van der Waals surface area contributed by atoms with E-state index in [0.717, 1.165) is 17.9 Å². The predicted octanol–water partition coefficient (Wildman–Crippen LogP) is 4.74. The van der Waals surface area contributed by atoms with Crippen molar-refractivity contribution >= 4 is 11.7 Å². The van der Waals surface area contributed by atoms with E-state index in [2.05, 4.69) is 47.3 Å². The Bertz CT molecular complexity index is 927. The van der Waals surface area contributed by atoms with Gasteiger partial charge in [-0.1, -0.05) is 42.0 Å². The minimum atomic E-state index is -0.0783. The molecule has 26 heavy (non-hydrogen) atoms. The zero-order chi connectivity index (χ0) is 18.1. The number of nitrogens with zero attached hydrogens (tertiary/aromatic N) is 2. The first-order chi connectivity index (χ1) is 12.6. The van der Waals surface area contributed by atoms with Crippen molar-refractivity contribution in [2.45, 2.75) is 26.4 Å². The Balaban J connectivity index is 1.69. The van der Waals surface area contributed by atoms with Crippen LogP contribution in [0.4, 0.5) is 10.5 Å². The van der Waals surface area contributed by atoms with Gasteiger partial charge in [0.1, 0.15) is 0 Å². The molecule has 132 valence electrons. The van der Waals surface area contributed by atoms with Gasteiger partial charge in [0.05, 0.1) is 6.04 Å². The number of aryl methyl sites for hydroxylation is 2. The minimum Gasteiger partial charge on any atom is -0.348 e. The average molecular weight is 345 g/mol. The van der Waals surface area contributed by atoms with E-state index in [1.807, 2.05) is 48.2 Å². The molecule has 0 saturated heterocycles. The SMILES string of the molecule is Cc1ccc(NC(=O)N2CCn3cccc3C2c2ccccc2C)cc1. The number of benzene rings is 2. The van der Waals surface area contributed by atoms with E-state index in [1.54, 1.807) is 0 Å². The lowest BCUT2D eigenvalue weighted by molar-refractivity contribution is 0.181. The number of amides is 2. The van der Waals surface area contributed by atoms with Crippen LogP contribution in [0, 0.1) is 13.8 Å². The molecule has 0 bridgehead atoms. The number of nitrogens with one attached hydrogen (secondary N) is 1. The molecule has 4 rings (SSSR count). The molecule has 3 aromatic rings. The molecule has 1 aliphatic rings. The number of aromatic nitrogens is 1. The van der Waals surface area contributed by atoms with Crippen molar-refractivity contribution in [1.82, 2.24) is 9.47 Å². The second-order valence-corrected chi connectivity index (χ2v) is 6.88. The van der Waals surface area contributed by atoms with Crippen LogP contribution < -0.4 is 5.32 Å². The summed E-state index contributed by atoms with van der Waals surface area (Å²) in [5.41, 5.74) is 5.53. The van der Waals surface area contributed by atoms with Crippen LogP contribution in [-0.2, 0) is 6.54 Å². The molecule has 1 unspecified atom stereocenters. The fourth-order valence-electron chi connectivity index (χ4n) is 3.66. The minimum absolute atomic E-state index is 0.0606. The fraction of sp³-hybridized carbons (Fsp3) is 0.227.